The Morgan fingerprint density at radius 2 is 2.40 bits per heavy atom. The molecule has 0 aliphatic heterocycles. The normalized spacial score (nSPS) is 10.1. The molecule has 1 aromatic rings. The summed E-state index contributed by atoms with van der Waals surface area (Å²) < 4.78 is 5.82. The van der Waals surface area contributed by atoms with E-state index in [4.69, 9.17) is 22.0 Å². The molecule has 0 saturated heterocycles. The van der Waals surface area contributed by atoms with Crippen LogP contribution in [-0.2, 0) is 16.0 Å². The summed E-state index contributed by atoms with van der Waals surface area (Å²) >= 11 is 5.65. The topological polar surface area (TPSA) is 78.3 Å². The fourth-order valence-corrected chi connectivity index (χ4v) is 1.63. The third-order valence-electron chi connectivity index (χ3n) is 2.37. The third kappa shape index (κ3) is 6.13. The van der Waals surface area contributed by atoms with E-state index in [0.29, 0.717) is 19.6 Å². The molecule has 0 atom stereocenters. The van der Waals surface area contributed by atoms with Crippen molar-refractivity contribution in [2.75, 3.05) is 13.2 Å². The van der Waals surface area contributed by atoms with Gasteiger partial charge in [-0.1, -0.05) is 24.3 Å². The van der Waals surface area contributed by atoms with Crippen LogP contribution in [0.15, 0.2) is 35.6 Å². The zero-order chi connectivity index (χ0) is 14.8. The van der Waals surface area contributed by atoms with Crippen molar-refractivity contribution < 1.29 is 9.53 Å². The monoisotopic (exact) mass is 294 g/mol. The largest absolute Gasteiger partial charge is 0.463 e. The van der Waals surface area contributed by atoms with Gasteiger partial charge >= 0.3 is 5.97 Å². The van der Waals surface area contributed by atoms with Crippen molar-refractivity contribution in [2.45, 2.75) is 13.3 Å². The molecule has 0 N–H and O–H groups in total. The maximum Gasteiger partial charge on any atom is 0.330 e. The van der Waals surface area contributed by atoms with E-state index < -0.39 is 0 Å². The molecule has 0 aliphatic carbocycles. The highest BCUT2D eigenvalue weighted by molar-refractivity contribution is 6.13. The minimum atomic E-state index is -0.367. The van der Waals surface area contributed by atoms with Crippen LogP contribution in [0, 0.1) is 0 Å². The fourth-order valence-electron chi connectivity index (χ4n) is 1.52. The van der Waals surface area contributed by atoms with Crippen LogP contribution in [0.25, 0.3) is 16.5 Å². The molecule has 0 aromatic heterocycles. The van der Waals surface area contributed by atoms with E-state index in [2.05, 4.69) is 10.1 Å². The number of carbonyl (C=O) groups excluding carboxylic acids is 1. The van der Waals surface area contributed by atoms with Crippen LogP contribution in [-0.4, -0.2) is 23.6 Å². The fraction of sp³-hybridized carbons (Fsp3) is 0.308. The van der Waals surface area contributed by atoms with Crippen molar-refractivity contribution in [1.82, 2.24) is 4.53 Å². The Morgan fingerprint density at radius 3 is 3.10 bits per heavy atom. The van der Waals surface area contributed by atoms with Gasteiger partial charge in [-0.15, -0.1) is 10.1 Å². The molecule has 1 aromatic carbocycles. The predicted octanol–water partition coefficient (Wildman–Crippen LogP) is 3.49. The minimum absolute atomic E-state index is 0.355. The van der Waals surface area contributed by atoms with Crippen molar-refractivity contribution in [2.24, 2.45) is 5.22 Å². The number of nitrogens with zero attached hydrogens (tertiary/aromatic N) is 4. The van der Waals surface area contributed by atoms with E-state index in [1.54, 1.807) is 13.0 Å². The van der Waals surface area contributed by atoms with Gasteiger partial charge in [-0.05, 0) is 29.3 Å². The highest BCUT2D eigenvalue weighted by atomic mass is 35.5. The van der Waals surface area contributed by atoms with Gasteiger partial charge < -0.3 is 4.74 Å². The van der Waals surface area contributed by atoms with Gasteiger partial charge in [0, 0.05) is 12.5 Å². The summed E-state index contributed by atoms with van der Waals surface area (Å²) in [4.78, 5) is 13.8. The lowest BCUT2D eigenvalue weighted by atomic mass is 10.1. The first-order valence-corrected chi connectivity index (χ1v) is 6.41. The molecular formula is C13H15ClN4O2. The lowest BCUT2D eigenvalue weighted by Gasteiger charge is -2.04. The van der Waals surface area contributed by atoms with Gasteiger partial charge in [-0.25, -0.2) is 4.79 Å². The summed E-state index contributed by atoms with van der Waals surface area (Å²) in [6.45, 7) is 2.51. The Morgan fingerprint density at radius 1 is 1.60 bits per heavy atom. The van der Waals surface area contributed by atoms with Gasteiger partial charge in [-0.2, -0.15) is 4.91 Å². The van der Waals surface area contributed by atoms with Crippen molar-refractivity contribution in [1.29, 1.82) is 0 Å². The molecule has 0 bridgehead atoms. The lowest BCUT2D eigenvalue weighted by Crippen LogP contribution is -2.07. The zero-order valence-electron chi connectivity index (χ0n) is 11.1. The molecule has 7 heteroatoms. The molecule has 20 heavy (non-hydrogen) atoms. The van der Waals surface area contributed by atoms with E-state index in [-0.39, 0.29) is 5.97 Å². The smallest absolute Gasteiger partial charge is 0.330 e. The van der Waals surface area contributed by atoms with Crippen LogP contribution < -0.4 is 0 Å². The molecule has 0 fully saturated rings. The maximum absolute atomic E-state index is 11.2. The van der Waals surface area contributed by atoms with E-state index >= 15 is 0 Å². The Kier molecular flexibility index (Phi) is 7.03. The Balaban J connectivity index is 2.61. The number of rotatable bonds is 7. The number of azide groups is 1. The van der Waals surface area contributed by atoms with Crippen LogP contribution in [0.2, 0.25) is 0 Å². The molecule has 0 amide bonds. The molecule has 0 heterocycles. The van der Waals surface area contributed by atoms with Crippen LogP contribution in [0.3, 0.4) is 0 Å². The van der Waals surface area contributed by atoms with Gasteiger partial charge in [0.2, 0.25) is 0 Å². The molecular weight excluding hydrogens is 280 g/mol. The molecule has 0 aliphatic rings. The van der Waals surface area contributed by atoms with Crippen LogP contribution >= 0.6 is 11.8 Å². The van der Waals surface area contributed by atoms with Crippen molar-refractivity contribution in [3.05, 3.63) is 51.9 Å². The molecule has 6 nitrogen and oxygen atoms in total. The summed E-state index contributed by atoms with van der Waals surface area (Å²) in [5.74, 6) is -0.367. The molecule has 0 spiro atoms. The van der Waals surface area contributed by atoms with Gasteiger partial charge in [0.15, 0.2) is 0 Å². The number of hydrogen-bond acceptors (Lipinski definition) is 3. The number of ether oxygens (including phenoxy) is 1. The highest BCUT2D eigenvalue weighted by Crippen LogP contribution is 2.09. The van der Waals surface area contributed by atoms with Gasteiger partial charge in [0.1, 0.15) is 18.3 Å². The second kappa shape index (κ2) is 8.85. The summed E-state index contributed by atoms with van der Waals surface area (Å²) in [6, 6.07) is 7.62. The predicted molar refractivity (Wildman–Crippen MR) is 77.5 cm³/mol. The van der Waals surface area contributed by atoms with E-state index in [1.807, 2.05) is 24.3 Å². The molecule has 0 saturated carbocycles. The highest BCUT2D eigenvalue weighted by Gasteiger charge is 2.02. The van der Waals surface area contributed by atoms with Crippen LogP contribution in [0.5, 0.6) is 0 Å². The average Bonchev–Trinajstić information content (AvgIpc) is 2.44. The van der Waals surface area contributed by atoms with Crippen LogP contribution in [0.1, 0.15) is 18.1 Å². The first-order valence-electron chi connectivity index (χ1n) is 6.07. The quantitative estimate of drug-likeness (QED) is 0.147. The van der Waals surface area contributed by atoms with Gasteiger partial charge in [-0.3, -0.25) is 0 Å². The molecule has 1 rings (SSSR count). The summed E-state index contributed by atoms with van der Waals surface area (Å²) in [5, 5.41) is 3.25. The summed E-state index contributed by atoms with van der Waals surface area (Å²) in [6.07, 6.45) is 3.70. The molecule has 0 radical (unpaired) electrons. The zero-order valence-corrected chi connectivity index (χ0v) is 11.8. The number of benzene rings is 1. The Hall–Kier alpha value is -2.17. The van der Waals surface area contributed by atoms with E-state index in [0.717, 1.165) is 15.7 Å². The number of esters is 1. The second-order valence-corrected chi connectivity index (χ2v) is 4.21. The van der Waals surface area contributed by atoms with Gasteiger partial charge in [0.25, 0.3) is 0 Å². The Bertz CT molecular complexity index is 527. The van der Waals surface area contributed by atoms with Crippen LogP contribution in [0.4, 0.5) is 0 Å². The third-order valence-corrected chi connectivity index (χ3v) is 2.61. The summed E-state index contributed by atoms with van der Waals surface area (Å²) in [5.41, 5.74) is 10.1. The van der Waals surface area contributed by atoms with Gasteiger partial charge in [0.05, 0.1) is 6.61 Å². The summed E-state index contributed by atoms with van der Waals surface area (Å²) in [7, 11) is 0. The maximum atomic E-state index is 11.2. The lowest BCUT2D eigenvalue weighted by molar-refractivity contribution is -0.137. The standard InChI is InChI=1S/C13H15ClN4O2/c1-2-20-13(19)7-6-11-4-3-5-12(10-11)8-9-18(14)17-16-15/h3-7,10H,2,8-9H2,1H3/b7-6+. The second-order valence-electron chi connectivity index (χ2n) is 3.82. The molecule has 0 unspecified atom stereocenters. The average molecular weight is 295 g/mol. The first-order chi connectivity index (χ1) is 9.65. The van der Waals surface area contributed by atoms with Crippen molar-refractivity contribution >= 4 is 23.8 Å². The number of halogens is 1. The Labute approximate surface area is 122 Å². The first kappa shape index (κ1) is 15.9. The number of carbonyl (C=O) groups is 1. The van der Waals surface area contributed by atoms with Crippen molar-refractivity contribution in [3.8, 4) is 0 Å². The molecule has 106 valence electrons. The SMILES string of the molecule is CCOC(=O)/C=C/c1cccc(CCN(Cl)N=[N+]=[N-])c1. The van der Waals surface area contributed by atoms with E-state index in [1.165, 1.54) is 6.08 Å². The minimum Gasteiger partial charge on any atom is -0.463 e. The van der Waals surface area contributed by atoms with Crippen molar-refractivity contribution in [3.63, 3.8) is 0 Å². The van der Waals surface area contributed by atoms with E-state index in [9.17, 15) is 4.79 Å². The number of hydrogen-bond donors (Lipinski definition) is 0.